The third-order valence-electron chi connectivity index (χ3n) is 2.15. The zero-order chi connectivity index (χ0) is 13.9. The van der Waals surface area contributed by atoms with Crippen molar-refractivity contribution in [3.63, 3.8) is 0 Å². The van der Waals surface area contributed by atoms with Crippen LogP contribution >= 0.6 is 15.9 Å². The van der Waals surface area contributed by atoms with Crippen molar-refractivity contribution in [2.75, 3.05) is 6.61 Å². The highest BCUT2D eigenvalue weighted by Gasteiger charge is 2.25. The third kappa shape index (κ3) is 3.71. The first-order valence-corrected chi connectivity index (χ1v) is 7.33. The molecule has 0 bridgehead atoms. The van der Waals surface area contributed by atoms with Gasteiger partial charge in [0.2, 0.25) is 10.0 Å². The largest absolute Gasteiger partial charge is 0.396 e. The van der Waals surface area contributed by atoms with E-state index in [4.69, 9.17) is 5.11 Å². The summed E-state index contributed by atoms with van der Waals surface area (Å²) in [5, 5.41) is 8.68. The normalized spacial score (nSPS) is 13.6. The van der Waals surface area contributed by atoms with Gasteiger partial charge in [0.1, 0.15) is 16.5 Å². The Morgan fingerprint density at radius 3 is 2.56 bits per heavy atom. The predicted molar refractivity (Wildman–Crippen MR) is 65.5 cm³/mol. The van der Waals surface area contributed by atoms with E-state index in [1.807, 2.05) is 0 Å². The molecule has 0 aromatic heterocycles. The summed E-state index contributed by atoms with van der Waals surface area (Å²) in [5.74, 6) is -2.05. The van der Waals surface area contributed by atoms with E-state index in [1.54, 1.807) is 0 Å². The molecule has 0 saturated carbocycles. The second-order valence-corrected chi connectivity index (χ2v) is 6.24. The topological polar surface area (TPSA) is 66.4 Å². The van der Waals surface area contributed by atoms with Gasteiger partial charge in [-0.25, -0.2) is 21.9 Å². The van der Waals surface area contributed by atoms with Crippen LogP contribution in [0.1, 0.15) is 13.3 Å². The lowest BCUT2D eigenvalue weighted by Crippen LogP contribution is -2.34. The number of halogens is 3. The molecule has 1 aromatic rings. The molecule has 1 unspecified atom stereocenters. The van der Waals surface area contributed by atoms with Crippen LogP contribution < -0.4 is 4.72 Å². The third-order valence-corrected chi connectivity index (χ3v) is 4.70. The molecular formula is C10H12BrF2NO3S. The van der Waals surface area contributed by atoms with Crippen molar-refractivity contribution >= 4 is 26.0 Å². The Morgan fingerprint density at radius 2 is 2.06 bits per heavy atom. The number of benzene rings is 1. The molecule has 0 spiro atoms. The molecule has 18 heavy (non-hydrogen) atoms. The van der Waals surface area contributed by atoms with Gasteiger partial charge in [-0.3, -0.25) is 0 Å². The number of rotatable bonds is 5. The summed E-state index contributed by atoms with van der Waals surface area (Å²) in [5.41, 5.74) is 0. The molecular weight excluding hydrogens is 332 g/mol. The second kappa shape index (κ2) is 6.05. The van der Waals surface area contributed by atoms with Crippen LogP contribution in [0.4, 0.5) is 8.78 Å². The van der Waals surface area contributed by atoms with Gasteiger partial charge in [0.25, 0.3) is 0 Å². The lowest BCUT2D eigenvalue weighted by atomic mass is 10.3. The van der Waals surface area contributed by atoms with Gasteiger partial charge in [-0.1, -0.05) is 0 Å². The molecule has 2 N–H and O–H groups in total. The lowest BCUT2D eigenvalue weighted by Gasteiger charge is -2.14. The number of nitrogens with one attached hydrogen (secondary N) is 1. The molecule has 0 saturated heterocycles. The van der Waals surface area contributed by atoms with Gasteiger partial charge in [0.15, 0.2) is 0 Å². The van der Waals surface area contributed by atoms with Gasteiger partial charge in [-0.05, 0) is 35.3 Å². The first kappa shape index (κ1) is 15.5. The molecule has 4 nitrogen and oxygen atoms in total. The molecule has 0 aliphatic heterocycles. The molecule has 1 atom stereocenters. The number of aliphatic hydroxyl groups excluding tert-OH is 1. The smallest absolute Gasteiger partial charge is 0.244 e. The molecule has 0 aliphatic rings. The maximum atomic E-state index is 13.5. The lowest BCUT2D eigenvalue weighted by molar-refractivity contribution is 0.275. The van der Waals surface area contributed by atoms with Crippen LogP contribution in [0.25, 0.3) is 0 Å². The molecule has 1 aromatic carbocycles. The highest BCUT2D eigenvalue weighted by molar-refractivity contribution is 9.10. The van der Waals surface area contributed by atoms with Crippen LogP contribution in [0.3, 0.4) is 0 Å². The van der Waals surface area contributed by atoms with E-state index in [1.165, 1.54) is 6.92 Å². The molecule has 0 fully saturated rings. The Labute approximate surface area is 112 Å². The van der Waals surface area contributed by atoms with Crippen LogP contribution in [-0.4, -0.2) is 26.2 Å². The molecule has 8 heteroatoms. The standard InChI is InChI=1S/C10H12BrF2NO3S/c1-6(2-3-15)14-18(16,17)10-8(11)4-7(12)5-9(10)13/h4-6,14-15H,2-3H2,1H3. The highest BCUT2D eigenvalue weighted by Crippen LogP contribution is 2.26. The Bertz CT molecular complexity index is 513. The zero-order valence-corrected chi connectivity index (χ0v) is 11.9. The van der Waals surface area contributed by atoms with Crippen LogP contribution in [0, 0.1) is 11.6 Å². The average molecular weight is 344 g/mol. The van der Waals surface area contributed by atoms with Crippen LogP contribution in [0.5, 0.6) is 0 Å². The zero-order valence-electron chi connectivity index (χ0n) is 9.45. The number of aliphatic hydroxyl groups is 1. The number of hydrogen-bond acceptors (Lipinski definition) is 3. The van der Waals surface area contributed by atoms with Gasteiger partial charge >= 0.3 is 0 Å². The van der Waals surface area contributed by atoms with Crippen LogP contribution in [0.15, 0.2) is 21.5 Å². The first-order chi connectivity index (χ1) is 8.27. The van der Waals surface area contributed by atoms with Gasteiger partial charge in [0.05, 0.1) is 0 Å². The van der Waals surface area contributed by atoms with Gasteiger partial charge < -0.3 is 5.11 Å². The van der Waals surface area contributed by atoms with Crippen LogP contribution in [0.2, 0.25) is 0 Å². The summed E-state index contributed by atoms with van der Waals surface area (Å²) in [6.45, 7) is 1.33. The first-order valence-electron chi connectivity index (χ1n) is 5.05. The van der Waals surface area contributed by atoms with Crippen molar-refractivity contribution in [1.82, 2.24) is 4.72 Å². The predicted octanol–water partition coefficient (Wildman–Crippen LogP) is 1.78. The Morgan fingerprint density at radius 1 is 1.44 bits per heavy atom. The molecule has 0 heterocycles. The summed E-state index contributed by atoms with van der Waals surface area (Å²) < 4.78 is 52.1. The van der Waals surface area contributed by atoms with E-state index in [0.29, 0.717) is 6.07 Å². The quantitative estimate of drug-likeness (QED) is 0.856. The fraction of sp³-hybridized carbons (Fsp3) is 0.400. The van der Waals surface area contributed by atoms with Crippen molar-refractivity contribution in [2.24, 2.45) is 0 Å². The monoisotopic (exact) mass is 343 g/mol. The summed E-state index contributed by atoms with van der Waals surface area (Å²) in [7, 11) is -4.11. The minimum absolute atomic E-state index is 0.191. The SMILES string of the molecule is CC(CCO)NS(=O)(=O)c1c(F)cc(F)cc1Br. The van der Waals surface area contributed by atoms with Crippen molar-refractivity contribution in [3.05, 3.63) is 28.2 Å². The second-order valence-electron chi connectivity index (χ2n) is 3.73. The maximum absolute atomic E-state index is 13.5. The van der Waals surface area contributed by atoms with E-state index in [2.05, 4.69) is 20.7 Å². The van der Waals surface area contributed by atoms with Crippen LogP contribution in [-0.2, 0) is 10.0 Å². The molecule has 0 amide bonds. The average Bonchev–Trinajstić information content (AvgIpc) is 2.13. The molecule has 0 radical (unpaired) electrons. The van der Waals surface area contributed by atoms with Gasteiger partial charge in [0, 0.05) is 23.2 Å². The highest BCUT2D eigenvalue weighted by atomic mass is 79.9. The number of sulfonamides is 1. The Kier molecular flexibility index (Phi) is 5.20. The van der Waals surface area contributed by atoms with E-state index < -0.39 is 32.6 Å². The minimum atomic E-state index is -4.11. The maximum Gasteiger partial charge on any atom is 0.244 e. The van der Waals surface area contributed by atoms with Crippen molar-refractivity contribution in [1.29, 1.82) is 0 Å². The van der Waals surface area contributed by atoms with E-state index in [9.17, 15) is 17.2 Å². The van der Waals surface area contributed by atoms with Gasteiger partial charge in [-0.2, -0.15) is 0 Å². The van der Waals surface area contributed by atoms with E-state index in [-0.39, 0.29) is 17.5 Å². The van der Waals surface area contributed by atoms with Crippen molar-refractivity contribution in [2.45, 2.75) is 24.3 Å². The fourth-order valence-corrected chi connectivity index (χ4v) is 3.81. The minimum Gasteiger partial charge on any atom is -0.396 e. The summed E-state index contributed by atoms with van der Waals surface area (Å²) in [4.78, 5) is -0.645. The Hall–Kier alpha value is -0.570. The molecule has 0 aliphatic carbocycles. The van der Waals surface area contributed by atoms with Gasteiger partial charge in [-0.15, -0.1) is 0 Å². The van der Waals surface area contributed by atoms with Crippen molar-refractivity contribution < 1.29 is 22.3 Å². The van der Waals surface area contributed by atoms with Crippen molar-refractivity contribution in [3.8, 4) is 0 Å². The van der Waals surface area contributed by atoms with E-state index in [0.717, 1.165) is 6.07 Å². The van der Waals surface area contributed by atoms with E-state index >= 15 is 0 Å². The fourth-order valence-electron chi connectivity index (χ4n) is 1.36. The number of hydrogen-bond donors (Lipinski definition) is 2. The summed E-state index contributed by atoms with van der Waals surface area (Å²) >= 11 is 2.81. The molecule has 1 rings (SSSR count). The summed E-state index contributed by atoms with van der Waals surface area (Å²) in [6.07, 6.45) is 0.194. The summed E-state index contributed by atoms with van der Waals surface area (Å²) in [6, 6.07) is 0.807. The Balaban J connectivity index is 3.13. The molecule has 102 valence electrons.